The molecule has 1 aromatic rings. The summed E-state index contributed by atoms with van der Waals surface area (Å²) < 4.78 is 5.59. The van der Waals surface area contributed by atoms with Gasteiger partial charge in [0.25, 0.3) is 0 Å². The lowest BCUT2D eigenvalue weighted by atomic mass is 9.93. The molecule has 1 N–H and O–H groups in total. The second kappa shape index (κ2) is 7.05. The number of halogens is 2. The van der Waals surface area contributed by atoms with Crippen molar-refractivity contribution in [3.63, 3.8) is 0 Å². The Hall–Kier alpha value is -1.12. The fraction of sp³-hybridized carbons (Fsp3) is 0.375. The van der Waals surface area contributed by atoms with Gasteiger partial charge in [0.15, 0.2) is 11.5 Å². The van der Waals surface area contributed by atoms with E-state index in [1.807, 2.05) is 6.08 Å². The summed E-state index contributed by atoms with van der Waals surface area (Å²) in [5.41, 5.74) is 0.966. The number of aromatic hydroxyl groups is 1. The van der Waals surface area contributed by atoms with Crippen LogP contribution < -0.4 is 4.74 Å². The number of phenols is 1. The summed E-state index contributed by atoms with van der Waals surface area (Å²) in [5.74, 6) is 0.980. The minimum Gasteiger partial charge on any atom is -0.504 e. The average molecular weight is 313 g/mol. The van der Waals surface area contributed by atoms with Gasteiger partial charge in [0.05, 0.1) is 0 Å². The molecule has 0 unspecified atom stereocenters. The summed E-state index contributed by atoms with van der Waals surface area (Å²) in [5, 5.41) is 11.0. The Balaban J connectivity index is 1.97. The normalized spacial score (nSPS) is 18.4. The Morgan fingerprint density at radius 2 is 2.15 bits per heavy atom. The van der Waals surface area contributed by atoms with Gasteiger partial charge in [-0.05, 0) is 30.9 Å². The molecule has 0 heterocycles. The van der Waals surface area contributed by atoms with E-state index < -0.39 is 0 Å². The lowest BCUT2D eigenvalue weighted by molar-refractivity contribution is 0.329. The van der Waals surface area contributed by atoms with Gasteiger partial charge in [-0.15, -0.1) is 0 Å². The molecule has 1 atom stereocenters. The number of allylic oxidation sites excluding steroid dienone is 2. The van der Waals surface area contributed by atoms with E-state index in [4.69, 9.17) is 27.9 Å². The fourth-order valence-electron chi connectivity index (χ4n) is 2.24. The first-order valence-electron chi connectivity index (χ1n) is 6.77. The molecule has 0 aliphatic heterocycles. The third-order valence-electron chi connectivity index (χ3n) is 3.32. The molecule has 0 spiro atoms. The number of phenolic OH excluding ortho intramolecular Hbond substituents is 1. The largest absolute Gasteiger partial charge is 0.504 e. The molecule has 0 amide bonds. The second-order valence-corrected chi connectivity index (χ2v) is 5.84. The van der Waals surface area contributed by atoms with E-state index in [9.17, 15) is 5.11 Å². The van der Waals surface area contributed by atoms with Crippen molar-refractivity contribution in [2.24, 2.45) is 5.92 Å². The maximum Gasteiger partial charge on any atom is 0.161 e. The smallest absolute Gasteiger partial charge is 0.161 e. The maximum atomic E-state index is 9.72. The lowest BCUT2D eigenvalue weighted by Crippen LogP contribution is -2.08. The molecular weight excluding hydrogens is 295 g/mol. The summed E-state index contributed by atoms with van der Waals surface area (Å²) in [7, 11) is 0. The molecule has 0 saturated carbocycles. The summed E-state index contributed by atoms with van der Waals surface area (Å²) in [6.07, 6.45) is 7.40. The van der Waals surface area contributed by atoms with E-state index in [2.05, 4.69) is 13.0 Å². The molecule has 1 aromatic carbocycles. The topological polar surface area (TPSA) is 29.5 Å². The van der Waals surface area contributed by atoms with E-state index in [0.29, 0.717) is 23.3 Å². The molecule has 0 fully saturated rings. The van der Waals surface area contributed by atoms with Crippen molar-refractivity contribution in [1.82, 2.24) is 0 Å². The molecule has 0 bridgehead atoms. The minimum absolute atomic E-state index is 0.0397. The van der Waals surface area contributed by atoms with E-state index in [-0.39, 0.29) is 5.75 Å². The Kier molecular flexibility index (Phi) is 5.38. The molecule has 20 heavy (non-hydrogen) atoms. The van der Waals surface area contributed by atoms with Crippen LogP contribution in [0.1, 0.15) is 26.2 Å². The van der Waals surface area contributed by atoms with E-state index in [1.165, 1.54) is 6.07 Å². The number of hydrogen-bond donors (Lipinski definition) is 1. The molecular formula is C16H18Cl2O2. The predicted molar refractivity (Wildman–Crippen MR) is 83.6 cm³/mol. The molecule has 2 nitrogen and oxygen atoms in total. The number of ether oxygens (including phenoxy) is 1. The van der Waals surface area contributed by atoms with Crippen LogP contribution in [-0.4, -0.2) is 11.7 Å². The number of hydrogen-bond acceptors (Lipinski definition) is 2. The van der Waals surface area contributed by atoms with Crippen molar-refractivity contribution < 1.29 is 9.84 Å². The highest BCUT2D eigenvalue weighted by Crippen LogP contribution is 2.32. The lowest BCUT2D eigenvalue weighted by Gasteiger charge is -2.19. The fourth-order valence-corrected chi connectivity index (χ4v) is 2.72. The van der Waals surface area contributed by atoms with Gasteiger partial charge in [-0.2, -0.15) is 0 Å². The standard InChI is InChI=1S/C16H18Cl2O2/c1-2-3-11-4-5-12(14(18)8-11)10-20-16-7-6-13(17)9-15(16)19/h4-7,9,11,19H,2-3,8,10H2,1H3/t11-/m0/s1. The van der Waals surface area contributed by atoms with Gasteiger partial charge < -0.3 is 9.84 Å². The van der Waals surface area contributed by atoms with Crippen LogP contribution in [0.15, 0.2) is 41.0 Å². The van der Waals surface area contributed by atoms with Gasteiger partial charge in [0.1, 0.15) is 6.61 Å². The first-order chi connectivity index (χ1) is 9.60. The molecule has 0 aromatic heterocycles. The van der Waals surface area contributed by atoms with Crippen LogP contribution in [-0.2, 0) is 0 Å². The summed E-state index contributed by atoms with van der Waals surface area (Å²) in [6, 6.07) is 4.79. The third-order valence-corrected chi connectivity index (χ3v) is 3.96. The van der Waals surface area contributed by atoms with Crippen LogP contribution in [0.2, 0.25) is 5.02 Å². The van der Waals surface area contributed by atoms with Crippen molar-refractivity contribution in [2.45, 2.75) is 26.2 Å². The van der Waals surface area contributed by atoms with E-state index >= 15 is 0 Å². The monoisotopic (exact) mass is 312 g/mol. The van der Waals surface area contributed by atoms with Crippen LogP contribution in [0.4, 0.5) is 0 Å². The molecule has 1 aliphatic rings. The third kappa shape index (κ3) is 3.94. The van der Waals surface area contributed by atoms with Gasteiger partial charge in [0, 0.05) is 21.7 Å². The van der Waals surface area contributed by atoms with Crippen molar-refractivity contribution in [2.75, 3.05) is 6.61 Å². The average Bonchev–Trinajstić information content (AvgIpc) is 2.40. The maximum absolute atomic E-state index is 9.72. The molecule has 2 rings (SSSR count). The SMILES string of the molecule is CCC[C@H]1C=CC(COc2ccc(Cl)cc2O)=C(Cl)C1. The quantitative estimate of drug-likeness (QED) is 0.800. The Morgan fingerprint density at radius 1 is 1.35 bits per heavy atom. The van der Waals surface area contributed by atoms with Crippen LogP contribution in [0, 0.1) is 5.92 Å². The highest BCUT2D eigenvalue weighted by atomic mass is 35.5. The zero-order valence-corrected chi connectivity index (χ0v) is 12.9. The highest BCUT2D eigenvalue weighted by molar-refractivity contribution is 6.30. The van der Waals surface area contributed by atoms with Gasteiger partial charge in [-0.25, -0.2) is 0 Å². The van der Waals surface area contributed by atoms with Gasteiger partial charge in [-0.1, -0.05) is 48.7 Å². The molecule has 1 aliphatic carbocycles. The van der Waals surface area contributed by atoms with Crippen LogP contribution in [0.5, 0.6) is 11.5 Å². The van der Waals surface area contributed by atoms with Crippen molar-refractivity contribution in [3.05, 3.63) is 46.0 Å². The zero-order valence-electron chi connectivity index (χ0n) is 11.4. The zero-order chi connectivity index (χ0) is 14.5. The number of benzene rings is 1. The number of rotatable bonds is 5. The first-order valence-corrected chi connectivity index (χ1v) is 7.52. The molecule has 108 valence electrons. The summed E-state index contributed by atoms with van der Waals surface area (Å²) in [4.78, 5) is 0. The Bertz CT molecular complexity index is 535. The first kappa shape index (κ1) is 15.3. The summed E-state index contributed by atoms with van der Waals surface area (Å²) in [6.45, 7) is 2.52. The van der Waals surface area contributed by atoms with Crippen molar-refractivity contribution in [3.8, 4) is 11.5 Å². The molecule has 0 saturated heterocycles. The van der Waals surface area contributed by atoms with E-state index in [0.717, 1.165) is 29.9 Å². The van der Waals surface area contributed by atoms with Crippen LogP contribution in [0.25, 0.3) is 0 Å². The summed E-state index contributed by atoms with van der Waals surface area (Å²) >= 11 is 12.1. The molecule has 0 radical (unpaired) electrons. The highest BCUT2D eigenvalue weighted by Gasteiger charge is 2.15. The van der Waals surface area contributed by atoms with Crippen LogP contribution in [0.3, 0.4) is 0 Å². The van der Waals surface area contributed by atoms with Gasteiger partial charge in [0.2, 0.25) is 0 Å². The Labute approximate surface area is 129 Å². The minimum atomic E-state index is 0.0397. The van der Waals surface area contributed by atoms with Crippen LogP contribution >= 0.6 is 23.2 Å². The van der Waals surface area contributed by atoms with E-state index in [1.54, 1.807) is 12.1 Å². The van der Waals surface area contributed by atoms with Gasteiger partial charge >= 0.3 is 0 Å². The predicted octanol–water partition coefficient (Wildman–Crippen LogP) is 5.29. The molecule has 4 heteroatoms. The van der Waals surface area contributed by atoms with Crippen molar-refractivity contribution in [1.29, 1.82) is 0 Å². The van der Waals surface area contributed by atoms with Crippen molar-refractivity contribution >= 4 is 23.2 Å². The van der Waals surface area contributed by atoms with Gasteiger partial charge in [-0.3, -0.25) is 0 Å². The Morgan fingerprint density at radius 3 is 2.80 bits per heavy atom. The second-order valence-electron chi connectivity index (χ2n) is 4.94.